The van der Waals surface area contributed by atoms with Gasteiger partial charge in [0.25, 0.3) is 0 Å². The van der Waals surface area contributed by atoms with Crippen molar-refractivity contribution in [1.82, 2.24) is 14.9 Å². The molecule has 0 spiro atoms. The second kappa shape index (κ2) is 4.52. The molecule has 1 rings (SSSR count). The SMILES string of the molecule is CCCS(=O)(=O)NCc1nc(C)no1. The van der Waals surface area contributed by atoms with E-state index in [1.54, 1.807) is 13.8 Å². The third-order valence-electron chi connectivity index (χ3n) is 1.49. The number of aryl methyl sites for hydroxylation is 1. The Morgan fingerprint density at radius 3 is 2.71 bits per heavy atom. The first-order chi connectivity index (χ1) is 6.53. The maximum absolute atomic E-state index is 11.2. The highest BCUT2D eigenvalue weighted by atomic mass is 32.2. The Hall–Kier alpha value is -0.950. The fourth-order valence-corrected chi connectivity index (χ4v) is 1.95. The molecular weight excluding hydrogens is 206 g/mol. The van der Waals surface area contributed by atoms with Crippen LogP contribution in [0.5, 0.6) is 0 Å². The van der Waals surface area contributed by atoms with Crippen LogP contribution in [0.1, 0.15) is 25.1 Å². The Kier molecular flexibility index (Phi) is 3.59. The topological polar surface area (TPSA) is 85.1 Å². The van der Waals surface area contributed by atoms with Crippen LogP contribution in [0.4, 0.5) is 0 Å². The fraction of sp³-hybridized carbons (Fsp3) is 0.714. The van der Waals surface area contributed by atoms with Gasteiger partial charge in [0.05, 0.1) is 12.3 Å². The second-order valence-corrected chi connectivity index (χ2v) is 4.80. The summed E-state index contributed by atoms with van der Waals surface area (Å²) in [6, 6.07) is 0. The molecule has 0 aliphatic heterocycles. The standard InChI is InChI=1S/C7H13N3O3S/c1-3-4-14(11,12)8-5-7-9-6(2)10-13-7/h8H,3-5H2,1-2H3. The maximum atomic E-state index is 11.2. The van der Waals surface area contributed by atoms with Crippen molar-refractivity contribution in [2.24, 2.45) is 0 Å². The van der Waals surface area contributed by atoms with Gasteiger partial charge in [0.15, 0.2) is 5.82 Å². The molecule has 1 aromatic rings. The van der Waals surface area contributed by atoms with Crippen LogP contribution in [0.15, 0.2) is 4.52 Å². The van der Waals surface area contributed by atoms with Gasteiger partial charge in [-0.1, -0.05) is 12.1 Å². The van der Waals surface area contributed by atoms with E-state index in [0.717, 1.165) is 0 Å². The van der Waals surface area contributed by atoms with Gasteiger partial charge < -0.3 is 4.52 Å². The molecule has 1 heterocycles. The quantitative estimate of drug-likeness (QED) is 0.765. The van der Waals surface area contributed by atoms with Gasteiger partial charge in [0.2, 0.25) is 15.9 Å². The van der Waals surface area contributed by atoms with Crippen molar-refractivity contribution in [1.29, 1.82) is 0 Å². The summed E-state index contributed by atoms with van der Waals surface area (Å²) in [5, 5.41) is 3.54. The van der Waals surface area contributed by atoms with Crippen LogP contribution in [0.2, 0.25) is 0 Å². The van der Waals surface area contributed by atoms with Gasteiger partial charge in [-0.15, -0.1) is 0 Å². The van der Waals surface area contributed by atoms with Gasteiger partial charge in [-0.05, 0) is 13.3 Å². The minimum Gasteiger partial charge on any atom is -0.338 e. The molecule has 80 valence electrons. The van der Waals surface area contributed by atoms with E-state index in [1.807, 2.05) is 0 Å². The Labute approximate surface area is 82.8 Å². The average Bonchev–Trinajstić information content (AvgIpc) is 2.48. The largest absolute Gasteiger partial charge is 0.338 e. The number of nitrogens with one attached hydrogen (secondary N) is 1. The lowest BCUT2D eigenvalue weighted by Gasteiger charge is -2.01. The molecule has 0 saturated carbocycles. The van der Waals surface area contributed by atoms with Crippen molar-refractivity contribution < 1.29 is 12.9 Å². The molecule has 1 aromatic heterocycles. The number of rotatable bonds is 5. The van der Waals surface area contributed by atoms with E-state index in [0.29, 0.717) is 12.2 Å². The molecule has 0 unspecified atom stereocenters. The second-order valence-electron chi connectivity index (χ2n) is 2.88. The smallest absolute Gasteiger partial charge is 0.241 e. The molecular formula is C7H13N3O3S. The number of aromatic nitrogens is 2. The van der Waals surface area contributed by atoms with E-state index in [2.05, 4.69) is 14.9 Å². The highest BCUT2D eigenvalue weighted by Gasteiger charge is 2.10. The molecule has 0 radical (unpaired) electrons. The number of hydrogen-bond donors (Lipinski definition) is 1. The summed E-state index contributed by atoms with van der Waals surface area (Å²) in [6.07, 6.45) is 0.582. The van der Waals surface area contributed by atoms with Crippen molar-refractivity contribution in [3.05, 3.63) is 11.7 Å². The first-order valence-corrected chi connectivity index (χ1v) is 5.95. The Bertz CT molecular complexity index is 385. The molecule has 0 atom stereocenters. The highest BCUT2D eigenvalue weighted by molar-refractivity contribution is 7.89. The minimum atomic E-state index is -3.20. The summed E-state index contributed by atoms with van der Waals surface area (Å²) in [5.74, 6) is 0.886. The lowest BCUT2D eigenvalue weighted by Crippen LogP contribution is -2.25. The van der Waals surface area contributed by atoms with Gasteiger partial charge in [-0.25, -0.2) is 13.1 Å². The molecule has 0 saturated heterocycles. The lowest BCUT2D eigenvalue weighted by molar-refractivity contribution is 0.372. The molecule has 6 nitrogen and oxygen atoms in total. The summed E-state index contributed by atoms with van der Waals surface area (Å²) in [7, 11) is -3.20. The minimum absolute atomic E-state index is 0.0587. The van der Waals surface area contributed by atoms with Crippen LogP contribution in [-0.2, 0) is 16.6 Å². The Morgan fingerprint density at radius 1 is 1.50 bits per heavy atom. The van der Waals surface area contributed by atoms with Gasteiger partial charge >= 0.3 is 0 Å². The van der Waals surface area contributed by atoms with Crippen LogP contribution in [0.25, 0.3) is 0 Å². The molecule has 0 amide bonds. The summed E-state index contributed by atoms with van der Waals surface area (Å²) >= 11 is 0. The third-order valence-corrected chi connectivity index (χ3v) is 3.02. The summed E-state index contributed by atoms with van der Waals surface area (Å²) in [4.78, 5) is 3.87. The molecule has 0 aliphatic rings. The van der Waals surface area contributed by atoms with Gasteiger partial charge in [0, 0.05) is 0 Å². The normalized spacial score (nSPS) is 11.9. The monoisotopic (exact) mass is 219 g/mol. The highest BCUT2D eigenvalue weighted by Crippen LogP contribution is 1.97. The zero-order chi connectivity index (χ0) is 10.6. The van der Waals surface area contributed by atoms with Crippen molar-refractivity contribution in [2.75, 3.05) is 5.75 Å². The van der Waals surface area contributed by atoms with Crippen LogP contribution >= 0.6 is 0 Å². The number of sulfonamides is 1. The van der Waals surface area contributed by atoms with Crippen molar-refractivity contribution in [3.8, 4) is 0 Å². The maximum Gasteiger partial charge on any atom is 0.241 e. The van der Waals surface area contributed by atoms with E-state index in [4.69, 9.17) is 4.52 Å². The van der Waals surface area contributed by atoms with E-state index in [-0.39, 0.29) is 18.2 Å². The van der Waals surface area contributed by atoms with Gasteiger partial charge in [-0.3, -0.25) is 0 Å². The van der Waals surface area contributed by atoms with Crippen molar-refractivity contribution >= 4 is 10.0 Å². The van der Waals surface area contributed by atoms with E-state index in [9.17, 15) is 8.42 Å². The van der Waals surface area contributed by atoms with Crippen LogP contribution in [0, 0.1) is 6.92 Å². The van der Waals surface area contributed by atoms with E-state index < -0.39 is 10.0 Å². The van der Waals surface area contributed by atoms with Crippen molar-refractivity contribution in [3.63, 3.8) is 0 Å². The van der Waals surface area contributed by atoms with Gasteiger partial charge in [0.1, 0.15) is 0 Å². The lowest BCUT2D eigenvalue weighted by atomic mass is 10.6. The van der Waals surface area contributed by atoms with Crippen LogP contribution in [-0.4, -0.2) is 24.3 Å². The first kappa shape index (κ1) is 11.1. The molecule has 0 fully saturated rings. The molecule has 0 aromatic carbocycles. The fourth-order valence-electron chi connectivity index (χ4n) is 0.924. The molecule has 7 heteroatoms. The van der Waals surface area contributed by atoms with Gasteiger partial charge in [-0.2, -0.15) is 4.98 Å². The zero-order valence-corrected chi connectivity index (χ0v) is 8.97. The predicted molar refractivity (Wildman–Crippen MR) is 50.0 cm³/mol. The van der Waals surface area contributed by atoms with Crippen LogP contribution in [0.3, 0.4) is 0 Å². The first-order valence-electron chi connectivity index (χ1n) is 4.30. The number of nitrogens with zero attached hydrogens (tertiary/aromatic N) is 2. The van der Waals surface area contributed by atoms with Crippen LogP contribution < -0.4 is 4.72 Å². The number of hydrogen-bond acceptors (Lipinski definition) is 5. The third kappa shape index (κ3) is 3.43. The van der Waals surface area contributed by atoms with Crippen molar-refractivity contribution in [2.45, 2.75) is 26.8 Å². The summed E-state index contributed by atoms with van der Waals surface area (Å²) in [5.41, 5.74) is 0. The predicted octanol–water partition coefficient (Wildman–Crippen LogP) is 0.207. The summed E-state index contributed by atoms with van der Waals surface area (Å²) < 4.78 is 29.5. The van der Waals surface area contributed by atoms with E-state index >= 15 is 0 Å². The molecule has 1 N–H and O–H groups in total. The Morgan fingerprint density at radius 2 is 2.21 bits per heavy atom. The zero-order valence-electron chi connectivity index (χ0n) is 8.15. The van der Waals surface area contributed by atoms with E-state index in [1.165, 1.54) is 0 Å². The summed E-state index contributed by atoms with van der Waals surface area (Å²) in [6.45, 7) is 3.53. The molecule has 14 heavy (non-hydrogen) atoms. The molecule has 0 aliphatic carbocycles. The Balaban J connectivity index is 2.48. The molecule has 0 bridgehead atoms. The average molecular weight is 219 g/mol.